The lowest BCUT2D eigenvalue weighted by atomic mass is 9.76. The zero-order valence-corrected chi connectivity index (χ0v) is 21.8. The lowest BCUT2D eigenvalue weighted by Gasteiger charge is -2.51. The van der Waals surface area contributed by atoms with Crippen molar-refractivity contribution in [2.24, 2.45) is 0 Å². The Morgan fingerprint density at radius 1 is 1.14 bits per heavy atom. The SMILES string of the molecule is CCCCN1CC(=O)N2C[C@H](c3ccc(OC(C)C)c(OC)c3)c3c([nH]c4ccccc34)[C@@]2(C)C1=O. The summed E-state index contributed by atoms with van der Waals surface area (Å²) in [6.45, 7) is 9.10. The van der Waals surface area contributed by atoms with Gasteiger partial charge in [-0.25, -0.2) is 0 Å². The summed E-state index contributed by atoms with van der Waals surface area (Å²) in [5.41, 5.74) is 2.79. The predicted octanol–water partition coefficient (Wildman–Crippen LogP) is 4.80. The highest BCUT2D eigenvalue weighted by atomic mass is 16.5. The molecule has 7 heteroatoms. The number of aromatic nitrogens is 1. The molecule has 2 atom stereocenters. The van der Waals surface area contributed by atoms with Gasteiger partial charge in [0, 0.05) is 29.9 Å². The molecule has 0 aliphatic carbocycles. The fourth-order valence-electron chi connectivity index (χ4n) is 5.76. The van der Waals surface area contributed by atoms with Crippen molar-refractivity contribution in [2.75, 3.05) is 26.7 Å². The largest absolute Gasteiger partial charge is 0.493 e. The quantitative estimate of drug-likeness (QED) is 0.518. The topological polar surface area (TPSA) is 74.9 Å². The molecule has 2 aliphatic heterocycles. The van der Waals surface area contributed by atoms with Crippen molar-refractivity contribution in [1.82, 2.24) is 14.8 Å². The van der Waals surface area contributed by atoms with E-state index in [1.165, 1.54) is 0 Å². The standard InChI is InChI=1S/C29H35N3O4/c1-6-7-14-31-17-25(33)32-16-21(19-12-13-23(36-18(2)3)24(15-19)35-5)26-20-10-8-9-11-22(20)30-27(26)29(32,4)28(31)34/h8-13,15,18,21,30H,6-7,14,16-17H2,1-5H3/t21-,29+/m1/s1. The Hall–Kier alpha value is -3.48. The minimum atomic E-state index is -1.07. The zero-order chi connectivity index (χ0) is 25.6. The maximum Gasteiger partial charge on any atom is 0.254 e. The number of benzene rings is 2. The molecule has 2 amide bonds. The minimum absolute atomic E-state index is 0.0138. The second kappa shape index (κ2) is 9.19. The first-order valence-electron chi connectivity index (χ1n) is 12.8. The molecule has 5 rings (SSSR count). The van der Waals surface area contributed by atoms with Gasteiger partial charge in [-0.1, -0.05) is 37.6 Å². The molecule has 2 aromatic carbocycles. The van der Waals surface area contributed by atoms with E-state index in [2.05, 4.69) is 18.0 Å². The van der Waals surface area contributed by atoms with Crippen LogP contribution in [0.1, 0.15) is 63.3 Å². The number of para-hydroxylation sites is 1. The van der Waals surface area contributed by atoms with Gasteiger partial charge in [-0.2, -0.15) is 0 Å². The lowest BCUT2D eigenvalue weighted by molar-refractivity contribution is -0.166. The number of hydrogen-bond donors (Lipinski definition) is 1. The van der Waals surface area contributed by atoms with E-state index >= 15 is 0 Å². The number of methoxy groups -OCH3 is 1. The molecule has 0 bridgehead atoms. The number of H-pyrrole nitrogens is 1. The number of rotatable bonds is 7. The Morgan fingerprint density at radius 3 is 2.64 bits per heavy atom. The van der Waals surface area contributed by atoms with Gasteiger partial charge in [0.25, 0.3) is 5.91 Å². The number of nitrogens with zero attached hydrogens (tertiary/aromatic N) is 2. The molecule has 7 nitrogen and oxygen atoms in total. The second-order valence-corrected chi connectivity index (χ2v) is 10.2. The van der Waals surface area contributed by atoms with Gasteiger partial charge in [-0.3, -0.25) is 9.59 Å². The highest BCUT2D eigenvalue weighted by molar-refractivity contribution is 6.01. The Morgan fingerprint density at radius 2 is 1.92 bits per heavy atom. The highest BCUT2D eigenvalue weighted by Crippen LogP contribution is 2.49. The molecule has 3 heterocycles. The molecule has 36 heavy (non-hydrogen) atoms. The molecule has 0 unspecified atom stereocenters. The summed E-state index contributed by atoms with van der Waals surface area (Å²) < 4.78 is 11.6. The van der Waals surface area contributed by atoms with Crippen LogP contribution in [0.25, 0.3) is 10.9 Å². The van der Waals surface area contributed by atoms with E-state index in [-0.39, 0.29) is 30.4 Å². The maximum absolute atomic E-state index is 13.9. The zero-order valence-electron chi connectivity index (χ0n) is 21.8. The number of carbonyl (C=O) groups excluding carboxylic acids is 2. The molecule has 0 saturated carbocycles. The Bertz CT molecular complexity index is 1310. The number of fused-ring (bicyclic) bond motifs is 5. The minimum Gasteiger partial charge on any atom is -0.493 e. The van der Waals surface area contributed by atoms with Crippen molar-refractivity contribution in [1.29, 1.82) is 0 Å². The Labute approximate surface area is 212 Å². The van der Waals surface area contributed by atoms with Crippen LogP contribution in [0, 0.1) is 0 Å². The van der Waals surface area contributed by atoms with Crippen LogP contribution in [0.15, 0.2) is 42.5 Å². The van der Waals surface area contributed by atoms with Gasteiger partial charge in [0.05, 0.1) is 25.5 Å². The number of piperazine rings is 1. The second-order valence-electron chi connectivity index (χ2n) is 10.2. The van der Waals surface area contributed by atoms with Crippen molar-refractivity contribution in [2.45, 2.75) is 58.1 Å². The lowest BCUT2D eigenvalue weighted by Crippen LogP contribution is -2.67. The fourth-order valence-corrected chi connectivity index (χ4v) is 5.76. The van der Waals surface area contributed by atoms with E-state index < -0.39 is 5.54 Å². The van der Waals surface area contributed by atoms with Crippen LogP contribution in [-0.4, -0.2) is 59.4 Å². The third-order valence-electron chi connectivity index (χ3n) is 7.55. The van der Waals surface area contributed by atoms with Crippen molar-refractivity contribution in [3.05, 3.63) is 59.3 Å². The molecular formula is C29H35N3O4. The van der Waals surface area contributed by atoms with Gasteiger partial charge in [0.15, 0.2) is 17.0 Å². The molecule has 1 N–H and O–H groups in total. The summed E-state index contributed by atoms with van der Waals surface area (Å²) in [6.07, 6.45) is 1.87. The normalized spacial score (nSPS) is 21.7. The number of unbranched alkanes of at least 4 members (excludes halogenated alkanes) is 1. The number of amides is 2. The molecule has 3 aromatic rings. The van der Waals surface area contributed by atoms with E-state index in [1.54, 1.807) is 16.9 Å². The van der Waals surface area contributed by atoms with Crippen molar-refractivity contribution >= 4 is 22.7 Å². The summed E-state index contributed by atoms with van der Waals surface area (Å²) in [5.74, 6) is 1.19. The molecule has 1 aromatic heterocycles. The molecule has 0 spiro atoms. The van der Waals surface area contributed by atoms with Gasteiger partial charge in [-0.05, 0) is 56.5 Å². The monoisotopic (exact) mass is 489 g/mol. The number of hydrogen-bond acceptors (Lipinski definition) is 4. The van der Waals surface area contributed by atoms with Crippen LogP contribution >= 0.6 is 0 Å². The fraction of sp³-hybridized carbons (Fsp3) is 0.448. The number of carbonyl (C=O) groups is 2. The van der Waals surface area contributed by atoms with Gasteiger partial charge < -0.3 is 24.3 Å². The third-order valence-corrected chi connectivity index (χ3v) is 7.55. The third kappa shape index (κ3) is 3.72. The highest BCUT2D eigenvalue weighted by Gasteiger charge is 2.56. The molecule has 1 saturated heterocycles. The summed E-state index contributed by atoms with van der Waals surface area (Å²) in [7, 11) is 1.64. The number of aromatic amines is 1. The summed E-state index contributed by atoms with van der Waals surface area (Å²) >= 11 is 0. The molecule has 190 valence electrons. The van der Waals surface area contributed by atoms with E-state index in [0.717, 1.165) is 40.6 Å². The Balaban J connectivity index is 1.67. The van der Waals surface area contributed by atoms with Crippen LogP contribution in [0.5, 0.6) is 11.5 Å². The van der Waals surface area contributed by atoms with Gasteiger partial charge in [-0.15, -0.1) is 0 Å². The van der Waals surface area contributed by atoms with Gasteiger partial charge in [0.1, 0.15) is 0 Å². The first kappa shape index (κ1) is 24.2. The van der Waals surface area contributed by atoms with Crippen LogP contribution in [0.3, 0.4) is 0 Å². The molecule has 1 fully saturated rings. The van der Waals surface area contributed by atoms with Crippen molar-refractivity contribution in [3.8, 4) is 11.5 Å². The average Bonchev–Trinajstić information content (AvgIpc) is 3.26. The summed E-state index contributed by atoms with van der Waals surface area (Å²) in [6, 6.07) is 14.1. The first-order chi connectivity index (χ1) is 17.3. The van der Waals surface area contributed by atoms with Gasteiger partial charge >= 0.3 is 0 Å². The van der Waals surface area contributed by atoms with Crippen molar-refractivity contribution in [3.63, 3.8) is 0 Å². The van der Waals surface area contributed by atoms with Crippen LogP contribution in [0.2, 0.25) is 0 Å². The summed E-state index contributed by atoms with van der Waals surface area (Å²) in [5, 5.41) is 1.07. The average molecular weight is 490 g/mol. The molecule has 0 radical (unpaired) electrons. The first-order valence-corrected chi connectivity index (χ1v) is 12.8. The van der Waals surface area contributed by atoms with Gasteiger partial charge in [0.2, 0.25) is 5.91 Å². The maximum atomic E-state index is 13.9. The van der Waals surface area contributed by atoms with Crippen LogP contribution in [0.4, 0.5) is 0 Å². The Kier molecular flexibility index (Phi) is 6.18. The summed E-state index contributed by atoms with van der Waals surface area (Å²) in [4.78, 5) is 34.5. The smallest absolute Gasteiger partial charge is 0.254 e. The molecule has 2 aliphatic rings. The number of ether oxygens (including phenoxy) is 2. The van der Waals surface area contributed by atoms with Crippen LogP contribution < -0.4 is 9.47 Å². The predicted molar refractivity (Wildman–Crippen MR) is 139 cm³/mol. The number of nitrogens with one attached hydrogen (secondary N) is 1. The molecular weight excluding hydrogens is 454 g/mol. The van der Waals surface area contributed by atoms with Crippen LogP contribution in [-0.2, 0) is 15.1 Å². The van der Waals surface area contributed by atoms with E-state index in [9.17, 15) is 9.59 Å². The van der Waals surface area contributed by atoms with E-state index in [4.69, 9.17) is 9.47 Å². The van der Waals surface area contributed by atoms with Crippen molar-refractivity contribution < 1.29 is 19.1 Å². The van der Waals surface area contributed by atoms with E-state index in [1.807, 2.05) is 57.2 Å². The van der Waals surface area contributed by atoms with E-state index in [0.29, 0.717) is 24.6 Å².